The van der Waals surface area contributed by atoms with Gasteiger partial charge in [0.2, 0.25) is 0 Å². The lowest BCUT2D eigenvalue weighted by Gasteiger charge is -2.19. The van der Waals surface area contributed by atoms with Crippen LogP contribution in [0.5, 0.6) is 17.2 Å². The Morgan fingerprint density at radius 2 is 1.92 bits per heavy atom. The van der Waals surface area contributed by atoms with E-state index < -0.39 is 11.6 Å². The monoisotopic (exact) mass is 342 g/mol. The lowest BCUT2D eigenvalue weighted by molar-refractivity contribution is 0.190. The number of benzene rings is 1. The molecule has 0 aliphatic rings. The number of aromatic amines is 2. The number of carbonyl (C=O) groups is 1. The summed E-state index contributed by atoms with van der Waals surface area (Å²) in [6.45, 7) is 5.58. The number of rotatable bonds is 3. The third kappa shape index (κ3) is 4.17. The third-order valence-electron chi connectivity index (χ3n) is 3.10. The number of hydrogen-bond acceptors (Lipinski definition) is 5. The highest BCUT2D eigenvalue weighted by Gasteiger charge is 2.15. The predicted octanol–water partition coefficient (Wildman–Crippen LogP) is 2.93. The second-order valence-corrected chi connectivity index (χ2v) is 6.45. The number of ether oxygens (including phenoxy) is 2. The molecule has 3 rings (SSSR count). The van der Waals surface area contributed by atoms with Gasteiger partial charge in [-0.1, -0.05) is 6.07 Å². The van der Waals surface area contributed by atoms with Crippen LogP contribution < -0.4 is 20.5 Å². The highest BCUT2D eigenvalue weighted by Crippen LogP contribution is 2.28. The summed E-state index contributed by atoms with van der Waals surface area (Å²) >= 11 is 0. The molecular formula is C17H18N4O4. The highest BCUT2D eigenvalue weighted by molar-refractivity contribution is 5.77. The molecule has 1 aromatic carbocycles. The summed E-state index contributed by atoms with van der Waals surface area (Å²) in [5.74, 6) is 1.22. The first-order valence-corrected chi connectivity index (χ1v) is 7.65. The van der Waals surface area contributed by atoms with Crippen molar-refractivity contribution in [3.63, 3.8) is 0 Å². The molecule has 0 saturated carbocycles. The molecule has 8 heteroatoms. The fraction of sp³-hybridized carbons (Fsp3) is 0.235. The zero-order valence-electron chi connectivity index (χ0n) is 14.0. The fourth-order valence-electron chi connectivity index (χ4n) is 2.16. The molecule has 2 heterocycles. The summed E-state index contributed by atoms with van der Waals surface area (Å²) in [6.07, 6.45) is 0.976. The molecule has 0 fully saturated rings. The van der Waals surface area contributed by atoms with E-state index in [0.717, 1.165) is 0 Å². The normalized spacial score (nSPS) is 11.3. The number of pyridine rings is 1. The maximum atomic E-state index is 11.8. The minimum Gasteiger partial charge on any atom is -0.455 e. The Balaban J connectivity index is 1.79. The number of nitrogens with zero attached hydrogens (tertiary/aromatic N) is 1. The Kier molecular flexibility index (Phi) is 4.18. The molecule has 3 N–H and O–H groups in total. The Hall–Kier alpha value is -3.29. The van der Waals surface area contributed by atoms with E-state index in [1.807, 2.05) is 20.8 Å². The summed E-state index contributed by atoms with van der Waals surface area (Å²) in [5, 5.41) is 2.71. The van der Waals surface area contributed by atoms with Crippen LogP contribution in [0.25, 0.3) is 11.2 Å². The largest absolute Gasteiger partial charge is 0.455 e. The lowest BCUT2D eigenvalue weighted by Crippen LogP contribution is -2.42. The maximum absolute atomic E-state index is 11.8. The molecule has 3 aromatic rings. The summed E-state index contributed by atoms with van der Waals surface area (Å²) in [5.41, 5.74) is 0.104. The van der Waals surface area contributed by atoms with Gasteiger partial charge < -0.3 is 19.8 Å². The van der Waals surface area contributed by atoms with Gasteiger partial charge in [0.1, 0.15) is 17.0 Å². The van der Waals surface area contributed by atoms with Crippen LogP contribution in [0.1, 0.15) is 20.8 Å². The van der Waals surface area contributed by atoms with Crippen LogP contribution in [0, 0.1) is 0 Å². The number of H-pyrrole nitrogens is 2. The summed E-state index contributed by atoms with van der Waals surface area (Å²) < 4.78 is 11.0. The molecule has 0 atom stereocenters. The Bertz CT molecular complexity index is 968. The van der Waals surface area contributed by atoms with Crippen LogP contribution in [0.2, 0.25) is 0 Å². The predicted molar refractivity (Wildman–Crippen MR) is 92.1 cm³/mol. The molecular weight excluding hydrogens is 324 g/mol. The molecule has 25 heavy (non-hydrogen) atoms. The van der Waals surface area contributed by atoms with Gasteiger partial charge in [0.25, 0.3) is 0 Å². The number of imidazole rings is 1. The van der Waals surface area contributed by atoms with Gasteiger partial charge in [-0.25, -0.2) is 14.6 Å². The zero-order chi connectivity index (χ0) is 18.0. The van der Waals surface area contributed by atoms with E-state index >= 15 is 0 Å². The molecule has 0 aliphatic heterocycles. The summed E-state index contributed by atoms with van der Waals surface area (Å²) in [6, 6.07) is 8.28. The van der Waals surface area contributed by atoms with Gasteiger partial charge in [-0.2, -0.15) is 0 Å². The van der Waals surface area contributed by atoms with Crippen LogP contribution in [0.4, 0.5) is 4.79 Å². The van der Waals surface area contributed by atoms with Crippen LogP contribution in [0.3, 0.4) is 0 Å². The number of carbonyl (C=O) groups excluding carboxylic acids is 1. The molecule has 0 spiro atoms. The Labute approximate surface area is 143 Å². The average Bonchev–Trinajstić information content (AvgIpc) is 2.87. The van der Waals surface area contributed by atoms with Crippen molar-refractivity contribution < 1.29 is 14.3 Å². The number of hydrogen-bond donors (Lipinski definition) is 3. The van der Waals surface area contributed by atoms with E-state index in [1.165, 1.54) is 6.20 Å². The number of amides is 1. The summed E-state index contributed by atoms with van der Waals surface area (Å²) in [4.78, 5) is 32.5. The van der Waals surface area contributed by atoms with Crippen molar-refractivity contribution in [1.82, 2.24) is 20.3 Å². The van der Waals surface area contributed by atoms with Gasteiger partial charge in [-0.15, -0.1) is 0 Å². The second kappa shape index (κ2) is 6.31. The van der Waals surface area contributed by atoms with Gasteiger partial charge in [-0.3, -0.25) is 4.98 Å². The van der Waals surface area contributed by atoms with Gasteiger partial charge >= 0.3 is 11.8 Å². The zero-order valence-corrected chi connectivity index (χ0v) is 14.0. The van der Waals surface area contributed by atoms with Gasteiger partial charge in [-0.05, 0) is 32.9 Å². The van der Waals surface area contributed by atoms with E-state index in [1.54, 1.807) is 30.3 Å². The fourth-order valence-corrected chi connectivity index (χ4v) is 2.16. The highest BCUT2D eigenvalue weighted by atomic mass is 16.6. The van der Waals surface area contributed by atoms with Crippen molar-refractivity contribution in [2.24, 2.45) is 0 Å². The Morgan fingerprint density at radius 1 is 1.16 bits per heavy atom. The van der Waals surface area contributed by atoms with E-state index in [2.05, 4.69) is 20.3 Å². The number of nitrogens with one attached hydrogen (secondary N) is 3. The second-order valence-electron chi connectivity index (χ2n) is 6.45. The first kappa shape index (κ1) is 16.6. The molecule has 0 bridgehead atoms. The molecule has 2 aromatic heterocycles. The molecule has 0 unspecified atom stereocenters. The van der Waals surface area contributed by atoms with Crippen molar-refractivity contribution in [2.45, 2.75) is 26.3 Å². The minimum atomic E-state index is -0.550. The quantitative estimate of drug-likeness (QED) is 0.678. The topological polar surface area (TPSA) is 109 Å². The number of fused-ring (bicyclic) bond motifs is 1. The van der Waals surface area contributed by atoms with Crippen molar-refractivity contribution in [3.05, 3.63) is 47.0 Å². The van der Waals surface area contributed by atoms with Gasteiger partial charge in [0.15, 0.2) is 11.4 Å². The summed E-state index contributed by atoms with van der Waals surface area (Å²) in [7, 11) is 0. The molecule has 0 radical (unpaired) electrons. The van der Waals surface area contributed by atoms with Crippen molar-refractivity contribution in [3.8, 4) is 17.2 Å². The number of aromatic nitrogens is 3. The van der Waals surface area contributed by atoms with Crippen LogP contribution in [-0.2, 0) is 0 Å². The van der Waals surface area contributed by atoms with Crippen molar-refractivity contribution in [2.75, 3.05) is 0 Å². The third-order valence-corrected chi connectivity index (χ3v) is 3.10. The Morgan fingerprint density at radius 3 is 2.68 bits per heavy atom. The average molecular weight is 342 g/mol. The lowest BCUT2D eigenvalue weighted by atomic mass is 10.1. The molecule has 8 nitrogen and oxygen atoms in total. The van der Waals surface area contributed by atoms with Crippen LogP contribution in [-0.4, -0.2) is 26.6 Å². The van der Waals surface area contributed by atoms with Gasteiger partial charge in [0, 0.05) is 23.9 Å². The molecule has 1 amide bonds. The van der Waals surface area contributed by atoms with E-state index in [-0.39, 0.29) is 5.69 Å². The first-order chi connectivity index (χ1) is 11.8. The van der Waals surface area contributed by atoms with E-state index in [4.69, 9.17) is 9.47 Å². The molecule has 130 valence electrons. The van der Waals surface area contributed by atoms with Crippen molar-refractivity contribution >= 4 is 17.3 Å². The van der Waals surface area contributed by atoms with Crippen LogP contribution in [0.15, 0.2) is 41.3 Å². The van der Waals surface area contributed by atoms with Gasteiger partial charge in [0.05, 0.1) is 0 Å². The maximum Gasteiger partial charge on any atom is 0.413 e. The van der Waals surface area contributed by atoms with E-state index in [9.17, 15) is 9.59 Å². The van der Waals surface area contributed by atoms with E-state index in [0.29, 0.717) is 28.4 Å². The minimum absolute atomic E-state index is 0.340. The van der Waals surface area contributed by atoms with Crippen LogP contribution >= 0.6 is 0 Å². The molecule has 0 aliphatic carbocycles. The smallest absolute Gasteiger partial charge is 0.413 e. The standard InChI is InChI=1S/C17H18N4O4/c1-17(2,3)21-16(23)25-11-6-4-5-10(9-11)24-12-7-8-18-14-13(12)19-15(22)20-14/h4-9H,1-3H3,(H,21,23)(H2,18,19,20,22). The van der Waals surface area contributed by atoms with Crippen molar-refractivity contribution in [1.29, 1.82) is 0 Å². The SMILES string of the molecule is CC(C)(C)NC(=O)Oc1cccc(Oc2ccnc3[nH]c(=O)[nH]c23)c1. The molecule has 0 saturated heterocycles. The first-order valence-electron chi connectivity index (χ1n) is 7.65.